The maximum absolute atomic E-state index is 11.8. The SMILES string of the molecule is O=C(O)c1ccc(=O)n(CCc2c[nH]c3ccccc23)c1. The summed E-state index contributed by atoms with van der Waals surface area (Å²) in [4.78, 5) is 25.9. The quantitative estimate of drug-likeness (QED) is 0.770. The summed E-state index contributed by atoms with van der Waals surface area (Å²) in [5.41, 5.74) is 2.09. The number of hydrogen-bond acceptors (Lipinski definition) is 2. The van der Waals surface area contributed by atoms with Gasteiger partial charge in [-0.2, -0.15) is 0 Å². The van der Waals surface area contributed by atoms with E-state index < -0.39 is 5.97 Å². The lowest BCUT2D eigenvalue weighted by Crippen LogP contribution is -2.21. The Hall–Kier alpha value is -2.82. The number of fused-ring (bicyclic) bond motifs is 1. The van der Waals surface area contributed by atoms with Crippen LogP contribution in [-0.2, 0) is 13.0 Å². The maximum Gasteiger partial charge on any atom is 0.337 e. The molecule has 0 fully saturated rings. The molecule has 5 heteroatoms. The van der Waals surface area contributed by atoms with Crippen molar-refractivity contribution in [3.05, 3.63) is 70.3 Å². The summed E-state index contributed by atoms with van der Waals surface area (Å²) in [6.45, 7) is 0.446. The summed E-state index contributed by atoms with van der Waals surface area (Å²) in [6.07, 6.45) is 3.98. The van der Waals surface area contributed by atoms with Crippen LogP contribution in [0, 0.1) is 0 Å². The Bertz CT molecular complexity index is 861. The van der Waals surface area contributed by atoms with E-state index in [1.165, 1.54) is 22.9 Å². The average Bonchev–Trinajstić information content (AvgIpc) is 2.89. The molecule has 0 amide bonds. The van der Waals surface area contributed by atoms with Gasteiger partial charge in [-0.1, -0.05) is 18.2 Å². The number of nitrogens with zero attached hydrogens (tertiary/aromatic N) is 1. The molecular weight excluding hydrogens is 268 g/mol. The van der Waals surface area contributed by atoms with E-state index in [0.29, 0.717) is 13.0 Å². The number of aryl methyl sites for hydroxylation is 2. The third-order valence-electron chi connectivity index (χ3n) is 3.53. The summed E-state index contributed by atoms with van der Waals surface area (Å²) in [7, 11) is 0. The number of carboxylic acids is 1. The number of rotatable bonds is 4. The smallest absolute Gasteiger partial charge is 0.337 e. The van der Waals surface area contributed by atoms with Gasteiger partial charge in [0.05, 0.1) is 5.56 Å². The number of nitrogens with one attached hydrogen (secondary N) is 1. The number of aromatic carboxylic acids is 1. The molecule has 0 aliphatic carbocycles. The van der Waals surface area contributed by atoms with Crippen LogP contribution in [0.15, 0.2) is 53.6 Å². The molecule has 2 N–H and O–H groups in total. The first-order chi connectivity index (χ1) is 10.1. The molecule has 0 radical (unpaired) electrons. The molecule has 5 nitrogen and oxygen atoms in total. The van der Waals surface area contributed by atoms with E-state index in [0.717, 1.165) is 16.5 Å². The molecule has 2 aromatic heterocycles. The molecule has 0 aliphatic heterocycles. The zero-order chi connectivity index (χ0) is 14.8. The first kappa shape index (κ1) is 13.2. The molecule has 0 saturated heterocycles. The van der Waals surface area contributed by atoms with Crippen LogP contribution in [0.1, 0.15) is 15.9 Å². The molecule has 3 aromatic rings. The van der Waals surface area contributed by atoms with Crippen molar-refractivity contribution >= 4 is 16.9 Å². The normalized spacial score (nSPS) is 10.9. The number of benzene rings is 1. The monoisotopic (exact) mass is 282 g/mol. The minimum Gasteiger partial charge on any atom is -0.478 e. The highest BCUT2D eigenvalue weighted by Gasteiger charge is 2.07. The molecule has 106 valence electrons. The van der Waals surface area contributed by atoms with Gasteiger partial charge in [-0.05, 0) is 24.1 Å². The standard InChI is InChI=1S/C16H14N2O3/c19-15-6-5-12(16(20)21)10-18(15)8-7-11-9-17-14-4-2-1-3-13(11)14/h1-6,9-10,17H,7-8H2,(H,20,21). The topological polar surface area (TPSA) is 75.1 Å². The summed E-state index contributed by atoms with van der Waals surface area (Å²) in [6, 6.07) is 10.6. The molecule has 0 saturated carbocycles. The van der Waals surface area contributed by atoms with Crippen LogP contribution in [0.5, 0.6) is 0 Å². The predicted octanol–water partition coefficient (Wildman–Crippen LogP) is 2.27. The molecule has 1 aromatic carbocycles. The van der Waals surface area contributed by atoms with Crippen LogP contribution in [0.25, 0.3) is 10.9 Å². The highest BCUT2D eigenvalue weighted by molar-refractivity contribution is 5.87. The van der Waals surface area contributed by atoms with E-state index in [9.17, 15) is 9.59 Å². The molecule has 0 aliphatic rings. The Labute approximate surface area is 120 Å². The molecule has 2 heterocycles. The molecule has 0 unspecified atom stereocenters. The molecular formula is C16H14N2O3. The predicted molar refractivity (Wildman–Crippen MR) is 79.7 cm³/mol. The van der Waals surface area contributed by atoms with Gasteiger partial charge in [-0.15, -0.1) is 0 Å². The van der Waals surface area contributed by atoms with Gasteiger partial charge < -0.3 is 14.7 Å². The van der Waals surface area contributed by atoms with E-state index in [-0.39, 0.29) is 11.1 Å². The van der Waals surface area contributed by atoms with Gasteiger partial charge in [0.1, 0.15) is 0 Å². The summed E-state index contributed by atoms with van der Waals surface area (Å²) in [5.74, 6) is -1.03. The van der Waals surface area contributed by atoms with Crippen molar-refractivity contribution in [1.29, 1.82) is 0 Å². The van der Waals surface area contributed by atoms with E-state index in [2.05, 4.69) is 4.98 Å². The van der Waals surface area contributed by atoms with Crippen molar-refractivity contribution in [3.63, 3.8) is 0 Å². The summed E-state index contributed by atoms with van der Waals surface area (Å²) < 4.78 is 1.44. The fourth-order valence-corrected chi connectivity index (χ4v) is 2.41. The minimum absolute atomic E-state index is 0.119. The summed E-state index contributed by atoms with van der Waals surface area (Å²) >= 11 is 0. The largest absolute Gasteiger partial charge is 0.478 e. The van der Waals surface area contributed by atoms with Gasteiger partial charge in [0.2, 0.25) is 0 Å². The van der Waals surface area contributed by atoms with Gasteiger partial charge in [-0.3, -0.25) is 4.79 Å². The third-order valence-corrected chi connectivity index (χ3v) is 3.53. The first-order valence-corrected chi connectivity index (χ1v) is 6.64. The molecule has 3 rings (SSSR count). The van der Waals surface area contributed by atoms with Gasteiger partial charge in [0, 0.05) is 35.9 Å². The Morgan fingerprint density at radius 2 is 2.00 bits per heavy atom. The Kier molecular flexibility index (Phi) is 3.31. The van der Waals surface area contributed by atoms with E-state index in [4.69, 9.17) is 5.11 Å². The Morgan fingerprint density at radius 3 is 2.81 bits per heavy atom. The molecule has 0 bridgehead atoms. The van der Waals surface area contributed by atoms with Crippen molar-refractivity contribution in [2.75, 3.05) is 0 Å². The number of carboxylic acid groups (broad SMARTS) is 1. The van der Waals surface area contributed by atoms with E-state index in [1.807, 2.05) is 30.5 Å². The zero-order valence-electron chi connectivity index (χ0n) is 11.2. The number of pyridine rings is 1. The number of aromatic nitrogens is 2. The second-order valence-electron chi connectivity index (χ2n) is 4.86. The summed E-state index contributed by atoms with van der Waals surface area (Å²) in [5, 5.41) is 10.1. The van der Waals surface area contributed by atoms with Crippen LogP contribution < -0.4 is 5.56 Å². The lowest BCUT2D eigenvalue weighted by atomic mass is 10.1. The third kappa shape index (κ3) is 2.58. The maximum atomic E-state index is 11.8. The number of H-pyrrole nitrogens is 1. The highest BCUT2D eigenvalue weighted by atomic mass is 16.4. The number of hydrogen-bond donors (Lipinski definition) is 2. The van der Waals surface area contributed by atoms with Gasteiger partial charge in [0.25, 0.3) is 5.56 Å². The van der Waals surface area contributed by atoms with Crippen molar-refractivity contribution in [2.45, 2.75) is 13.0 Å². The van der Waals surface area contributed by atoms with Crippen LogP contribution in [0.2, 0.25) is 0 Å². The van der Waals surface area contributed by atoms with Crippen molar-refractivity contribution < 1.29 is 9.90 Å². The molecule has 0 spiro atoms. The second-order valence-corrected chi connectivity index (χ2v) is 4.86. The van der Waals surface area contributed by atoms with E-state index in [1.54, 1.807) is 0 Å². The van der Waals surface area contributed by atoms with Crippen LogP contribution >= 0.6 is 0 Å². The average molecular weight is 282 g/mol. The Morgan fingerprint density at radius 1 is 1.19 bits per heavy atom. The van der Waals surface area contributed by atoms with Crippen molar-refractivity contribution in [1.82, 2.24) is 9.55 Å². The lowest BCUT2D eigenvalue weighted by Gasteiger charge is -2.06. The number of aromatic amines is 1. The lowest BCUT2D eigenvalue weighted by molar-refractivity contribution is 0.0696. The zero-order valence-corrected chi connectivity index (χ0v) is 11.2. The van der Waals surface area contributed by atoms with Gasteiger partial charge >= 0.3 is 5.97 Å². The Balaban J connectivity index is 1.86. The fraction of sp³-hybridized carbons (Fsp3) is 0.125. The van der Waals surface area contributed by atoms with Crippen LogP contribution in [0.3, 0.4) is 0 Å². The highest BCUT2D eigenvalue weighted by Crippen LogP contribution is 2.18. The minimum atomic E-state index is -1.03. The fourth-order valence-electron chi connectivity index (χ4n) is 2.41. The number of carbonyl (C=O) groups is 1. The van der Waals surface area contributed by atoms with E-state index >= 15 is 0 Å². The molecule has 21 heavy (non-hydrogen) atoms. The second kappa shape index (κ2) is 5.28. The first-order valence-electron chi connectivity index (χ1n) is 6.64. The molecule has 0 atom stereocenters. The van der Waals surface area contributed by atoms with Gasteiger partial charge in [-0.25, -0.2) is 4.79 Å². The number of para-hydroxylation sites is 1. The van der Waals surface area contributed by atoms with Crippen LogP contribution in [-0.4, -0.2) is 20.6 Å². The van der Waals surface area contributed by atoms with Crippen molar-refractivity contribution in [3.8, 4) is 0 Å². The van der Waals surface area contributed by atoms with Crippen molar-refractivity contribution in [2.24, 2.45) is 0 Å². The van der Waals surface area contributed by atoms with Crippen LogP contribution in [0.4, 0.5) is 0 Å². The van der Waals surface area contributed by atoms with Gasteiger partial charge in [0.15, 0.2) is 0 Å².